The van der Waals surface area contributed by atoms with Crippen LogP contribution in [0.1, 0.15) is 50.5 Å². The fraction of sp³-hybridized carbons (Fsp3) is 0.632. The third-order valence-electron chi connectivity index (χ3n) is 5.41. The van der Waals surface area contributed by atoms with Gasteiger partial charge in [-0.3, -0.25) is 4.79 Å². The highest BCUT2D eigenvalue weighted by atomic mass is 16.5. The van der Waals surface area contributed by atoms with E-state index in [1.807, 2.05) is 0 Å². The van der Waals surface area contributed by atoms with Crippen LogP contribution in [0.4, 0.5) is 0 Å². The number of carbonyl (C=O) groups excluding carboxylic acids is 1. The quantitative estimate of drug-likeness (QED) is 0.925. The fourth-order valence-electron chi connectivity index (χ4n) is 3.89. The van der Waals surface area contributed by atoms with E-state index in [0.29, 0.717) is 0 Å². The summed E-state index contributed by atoms with van der Waals surface area (Å²) in [6.07, 6.45) is 7.80. The van der Waals surface area contributed by atoms with E-state index in [0.717, 1.165) is 45.4 Å². The van der Waals surface area contributed by atoms with Gasteiger partial charge in [-0.25, -0.2) is 0 Å². The summed E-state index contributed by atoms with van der Waals surface area (Å²) < 4.78 is 5.56. The average molecular weight is 301 g/mol. The molecule has 1 aliphatic heterocycles. The monoisotopic (exact) mass is 301 g/mol. The molecule has 0 aromatic heterocycles. The molecule has 1 aromatic carbocycles. The minimum absolute atomic E-state index is 0.0455. The SMILES string of the molecule is O=C(NCC1(c2ccccc2)CCOCC1)C1CCCCC1. The van der Waals surface area contributed by atoms with Crippen LogP contribution in [0.2, 0.25) is 0 Å². The van der Waals surface area contributed by atoms with Crippen LogP contribution < -0.4 is 5.32 Å². The zero-order valence-corrected chi connectivity index (χ0v) is 13.4. The molecule has 120 valence electrons. The van der Waals surface area contributed by atoms with Crippen LogP contribution in [-0.4, -0.2) is 25.7 Å². The van der Waals surface area contributed by atoms with Gasteiger partial charge in [-0.05, 0) is 31.2 Å². The van der Waals surface area contributed by atoms with E-state index in [4.69, 9.17) is 4.74 Å². The number of ether oxygens (including phenoxy) is 1. The smallest absolute Gasteiger partial charge is 0.223 e. The molecule has 0 unspecified atom stereocenters. The number of hydrogen-bond donors (Lipinski definition) is 1. The molecule has 0 spiro atoms. The number of rotatable bonds is 4. The van der Waals surface area contributed by atoms with Crippen LogP contribution in [0.5, 0.6) is 0 Å². The second kappa shape index (κ2) is 7.28. The van der Waals surface area contributed by atoms with Crippen molar-refractivity contribution in [1.29, 1.82) is 0 Å². The predicted octanol–water partition coefficient (Wildman–Crippen LogP) is 3.43. The first-order valence-corrected chi connectivity index (χ1v) is 8.71. The van der Waals surface area contributed by atoms with Gasteiger partial charge < -0.3 is 10.1 Å². The lowest BCUT2D eigenvalue weighted by Gasteiger charge is -2.38. The molecule has 1 saturated heterocycles. The lowest BCUT2D eigenvalue weighted by atomic mass is 9.74. The van der Waals surface area contributed by atoms with Gasteiger partial charge in [-0.2, -0.15) is 0 Å². The fourth-order valence-corrected chi connectivity index (χ4v) is 3.89. The third-order valence-corrected chi connectivity index (χ3v) is 5.41. The van der Waals surface area contributed by atoms with E-state index < -0.39 is 0 Å². The second-order valence-electron chi connectivity index (χ2n) is 6.81. The molecule has 0 bridgehead atoms. The molecule has 2 fully saturated rings. The van der Waals surface area contributed by atoms with Crippen molar-refractivity contribution in [3.63, 3.8) is 0 Å². The Hall–Kier alpha value is -1.35. The average Bonchev–Trinajstić information content (AvgIpc) is 2.62. The topological polar surface area (TPSA) is 38.3 Å². The van der Waals surface area contributed by atoms with Gasteiger partial charge >= 0.3 is 0 Å². The second-order valence-corrected chi connectivity index (χ2v) is 6.81. The molecule has 1 aliphatic carbocycles. The standard InChI is InChI=1S/C19H27NO2/c21-18(16-7-3-1-4-8-16)20-15-19(11-13-22-14-12-19)17-9-5-2-6-10-17/h2,5-6,9-10,16H,1,3-4,7-8,11-15H2,(H,20,21). The number of nitrogens with one attached hydrogen (secondary N) is 1. The highest BCUT2D eigenvalue weighted by molar-refractivity contribution is 5.78. The Morgan fingerprint density at radius 3 is 2.45 bits per heavy atom. The molecular formula is C19H27NO2. The molecule has 1 aromatic rings. The lowest BCUT2D eigenvalue weighted by Crippen LogP contribution is -2.46. The van der Waals surface area contributed by atoms with Crippen LogP contribution in [0.3, 0.4) is 0 Å². The van der Waals surface area contributed by atoms with Gasteiger partial charge in [0.2, 0.25) is 5.91 Å². The van der Waals surface area contributed by atoms with Crippen LogP contribution in [0.15, 0.2) is 30.3 Å². The minimum atomic E-state index is 0.0455. The Morgan fingerprint density at radius 1 is 1.09 bits per heavy atom. The summed E-state index contributed by atoms with van der Waals surface area (Å²) in [5.41, 5.74) is 1.38. The van der Waals surface area contributed by atoms with Gasteiger partial charge in [0.15, 0.2) is 0 Å². The summed E-state index contributed by atoms with van der Waals surface area (Å²) in [5.74, 6) is 0.503. The normalized spacial score (nSPS) is 22.2. The maximum absolute atomic E-state index is 12.5. The summed E-state index contributed by atoms with van der Waals surface area (Å²) in [7, 11) is 0. The first-order chi connectivity index (χ1) is 10.8. The molecule has 1 heterocycles. The molecule has 3 rings (SSSR count). The van der Waals surface area contributed by atoms with Crippen LogP contribution in [0, 0.1) is 5.92 Å². The Morgan fingerprint density at radius 2 is 1.77 bits per heavy atom. The highest BCUT2D eigenvalue weighted by Gasteiger charge is 2.35. The number of benzene rings is 1. The summed E-state index contributed by atoms with van der Waals surface area (Å²) in [6, 6.07) is 10.6. The van der Waals surface area contributed by atoms with Crippen LogP contribution in [0.25, 0.3) is 0 Å². The van der Waals surface area contributed by atoms with Crippen molar-refractivity contribution >= 4 is 5.91 Å². The maximum Gasteiger partial charge on any atom is 0.223 e. The van der Waals surface area contributed by atoms with Gasteiger partial charge in [0.1, 0.15) is 0 Å². The van der Waals surface area contributed by atoms with Crippen molar-refractivity contribution in [3.8, 4) is 0 Å². The largest absolute Gasteiger partial charge is 0.381 e. The van der Waals surface area contributed by atoms with Gasteiger partial charge in [0.05, 0.1) is 0 Å². The van der Waals surface area contributed by atoms with Crippen molar-refractivity contribution in [2.45, 2.75) is 50.4 Å². The summed E-state index contributed by atoms with van der Waals surface area (Å²) >= 11 is 0. The molecule has 0 atom stereocenters. The molecule has 3 heteroatoms. The van der Waals surface area contributed by atoms with Crippen LogP contribution >= 0.6 is 0 Å². The van der Waals surface area contributed by atoms with Gasteiger partial charge in [0, 0.05) is 31.1 Å². The van der Waals surface area contributed by atoms with Crippen molar-refractivity contribution in [3.05, 3.63) is 35.9 Å². The molecule has 3 nitrogen and oxygen atoms in total. The Balaban J connectivity index is 1.67. The van der Waals surface area contributed by atoms with Gasteiger partial charge in [-0.1, -0.05) is 49.6 Å². The first kappa shape index (κ1) is 15.5. The van der Waals surface area contributed by atoms with E-state index in [1.165, 1.54) is 24.8 Å². The molecule has 1 amide bonds. The molecule has 2 aliphatic rings. The van der Waals surface area contributed by atoms with Crippen molar-refractivity contribution in [2.75, 3.05) is 19.8 Å². The first-order valence-electron chi connectivity index (χ1n) is 8.71. The van der Waals surface area contributed by atoms with Crippen LogP contribution in [-0.2, 0) is 14.9 Å². The molecule has 0 radical (unpaired) electrons. The predicted molar refractivity (Wildman–Crippen MR) is 87.8 cm³/mol. The Labute approximate surface area is 133 Å². The number of carbonyl (C=O) groups is 1. The zero-order chi connectivity index (χ0) is 15.3. The third kappa shape index (κ3) is 3.52. The molecule has 1 N–H and O–H groups in total. The summed E-state index contributed by atoms with van der Waals surface area (Å²) in [6.45, 7) is 2.32. The van der Waals surface area contributed by atoms with E-state index in [2.05, 4.69) is 35.6 Å². The lowest BCUT2D eigenvalue weighted by molar-refractivity contribution is -0.126. The van der Waals surface area contributed by atoms with Crippen molar-refractivity contribution in [2.24, 2.45) is 5.92 Å². The number of hydrogen-bond acceptors (Lipinski definition) is 2. The van der Waals surface area contributed by atoms with E-state index in [9.17, 15) is 4.79 Å². The minimum Gasteiger partial charge on any atom is -0.381 e. The highest BCUT2D eigenvalue weighted by Crippen LogP contribution is 2.34. The van der Waals surface area contributed by atoms with Crippen molar-refractivity contribution in [1.82, 2.24) is 5.32 Å². The Kier molecular flexibility index (Phi) is 5.14. The van der Waals surface area contributed by atoms with Gasteiger partial charge in [-0.15, -0.1) is 0 Å². The molecular weight excluding hydrogens is 274 g/mol. The zero-order valence-electron chi connectivity index (χ0n) is 13.4. The maximum atomic E-state index is 12.5. The van der Waals surface area contributed by atoms with E-state index >= 15 is 0 Å². The van der Waals surface area contributed by atoms with Crippen molar-refractivity contribution < 1.29 is 9.53 Å². The Bertz CT molecular complexity index is 473. The molecule has 1 saturated carbocycles. The summed E-state index contributed by atoms with van der Waals surface area (Å²) in [5, 5.41) is 3.27. The molecule has 22 heavy (non-hydrogen) atoms. The number of amides is 1. The summed E-state index contributed by atoms with van der Waals surface area (Å²) in [4.78, 5) is 12.5. The van der Waals surface area contributed by atoms with E-state index in [1.54, 1.807) is 0 Å². The van der Waals surface area contributed by atoms with E-state index in [-0.39, 0.29) is 17.2 Å². The van der Waals surface area contributed by atoms with Gasteiger partial charge in [0.25, 0.3) is 0 Å².